The lowest BCUT2D eigenvalue weighted by Crippen LogP contribution is -2.43. The molecule has 1 atom stereocenters. The van der Waals surface area contributed by atoms with Crippen LogP contribution in [0, 0.1) is 9.39 Å². The van der Waals surface area contributed by atoms with Gasteiger partial charge in [-0.3, -0.25) is 14.5 Å². The van der Waals surface area contributed by atoms with Crippen LogP contribution in [0.15, 0.2) is 53.5 Å². The lowest BCUT2D eigenvalue weighted by Gasteiger charge is -2.28. The first-order chi connectivity index (χ1) is 12.4. The van der Waals surface area contributed by atoms with Gasteiger partial charge in [0.25, 0.3) is 0 Å². The van der Waals surface area contributed by atoms with Crippen molar-refractivity contribution in [1.82, 2.24) is 4.90 Å². The highest BCUT2D eigenvalue weighted by atomic mass is 127. The molecule has 26 heavy (non-hydrogen) atoms. The lowest BCUT2D eigenvalue weighted by atomic mass is 10.2. The number of carbonyl (C=O) groups is 2. The van der Waals surface area contributed by atoms with Gasteiger partial charge in [-0.25, -0.2) is 9.38 Å². The van der Waals surface area contributed by atoms with Crippen molar-refractivity contribution < 1.29 is 14.0 Å². The summed E-state index contributed by atoms with van der Waals surface area (Å²) in [7, 11) is 1.63. The van der Waals surface area contributed by atoms with E-state index >= 15 is 0 Å². The zero-order valence-electron chi connectivity index (χ0n) is 13.8. The molecule has 134 valence electrons. The Morgan fingerprint density at radius 2 is 1.96 bits per heavy atom. The minimum absolute atomic E-state index is 0.0349. The number of hydrogen-bond donors (Lipinski definition) is 1. The van der Waals surface area contributed by atoms with Crippen LogP contribution in [0.2, 0.25) is 0 Å². The number of amides is 2. The van der Waals surface area contributed by atoms with Gasteiger partial charge in [0.1, 0.15) is 11.1 Å². The summed E-state index contributed by atoms with van der Waals surface area (Å²) in [6, 6.07) is 13.4. The maximum absolute atomic E-state index is 13.7. The lowest BCUT2D eigenvalue weighted by molar-refractivity contribution is -0.128. The van der Waals surface area contributed by atoms with Gasteiger partial charge in [-0.2, -0.15) is 0 Å². The fourth-order valence-electron chi connectivity index (χ4n) is 2.30. The first kappa shape index (κ1) is 18.8. The van der Waals surface area contributed by atoms with Gasteiger partial charge < -0.3 is 5.32 Å². The number of aliphatic imine (C=N–C) groups is 1. The molecule has 2 aromatic carbocycles. The minimum atomic E-state index is -0.666. The van der Waals surface area contributed by atoms with E-state index in [1.165, 1.54) is 28.8 Å². The van der Waals surface area contributed by atoms with Crippen LogP contribution in [0.5, 0.6) is 0 Å². The molecule has 3 rings (SSSR count). The molecule has 0 bridgehead atoms. The fraction of sp³-hybridized carbons (Fsp3) is 0.167. The molecule has 2 amide bonds. The van der Waals surface area contributed by atoms with Crippen molar-refractivity contribution in [3.8, 4) is 0 Å². The van der Waals surface area contributed by atoms with Crippen molar-refractivity contribution in [1.29, 1.82) is 0 Å². The minimum Gasteiger partial charge on any atom is -0.323 e. The third kappa shape index (κ3) is 4.42. The van der Waals surface area contributed by atoms with Crippen molar-refractivity contribution >= 4 is 62.7 Å². The molecule has 0 spiro atoms. The normalized spacial score (nSPS) is 18.9. The van der Waals surface area contributed by atoms with Crippen LogP contribution in [-0.4, -0.2) is 34.2 Å². The van der Waals surface area contributed by atoms with E-state index in [1.54, 1.807) is 19.2 Å². The molecule has 1 aliphatic rings. The Morgan fingerprint density at radius 3 is 2.65 bits per heavy atom. The first-order valence-electron chi connectivity index (χ1n) is 7.77. The number of nitrogens with one attached hydrogen (secondary N) is 1. The van der Waals surface area contributed by atoms with Gasteiger partial charge in [0.05, 0.1) is 11.4 Å². The number of carbonyl (C=O) groups excluding carboxylic acids is 2. The van der Waals surface area contributed by atoms with E-state index in [-0.39, 0.29) is 18.0 Å². The summed E-state index contributed by atoms with van der Waals surface area (Å²) in [4.78, 5) is 30.7. The quantitative estimate of drug-likeness (QED) is 0.672. The molecule has 0 saturated carbocycles. The van der Waals surface area contributed by atoms with Crippen molar-refractivity contribution in [3.63, 3.8) is 0 Å². The molecular formula is C18H15FIN3O2S. The first-order valence-corrected chi connectivity index (χ1v) is 9.73. The molecular weight excluding hydrogens is 468 g/mol. The molecule has 0 unspecified atom stereocenters. The van der Waals surface area contributed by atoms with E-state index in [0.717, 1.165) is 3.57 Å². The number of para-hydroxylation sites is 1. The average molecular weight is 483 g/mol. The summed E-state index contributed by atoms with van der Waals surface area (Å²) in [6.07, 6.45) is 0.0349. The predicted molar refractivity (Wildman–Crippen MR) is 110 cm³/mol. The van der Waals surface area contributed by atoms with Gasteiger partial charge in [-0.15, -0.1) is 0 Å². The molecule has 1 heterocycles. The largest absolute Gasteiger partial charge is 0.323 e. The van der Waals surface area contributed by atoms with Crippen LogP contribution in [0.3, 0.4) is 0 Å². The topological polar surface area (TPSA) is 61.8 Å². The molecule has 8 heteroatoms. The highest BCUT2D eigenvalue weighted by molar-refractivity contribution is 14.1. The van der Waals surface area contributed by atoms with Crippen LogP contribution in [0.1, 0.15) is 6.42 Å². The number of halogens is 2. The van der Waals surface area contributed by atoms with E-state index in [2.05, 4.69) is 32.9 Å². The summed E-state index contributed by atoms with van der Waals surface area (Å²) < 4.78 is 14.8. The van der Waals surface area contributed by atoms with Crippen molar-refractivity contribution in [2.45, 2.75) is 11.7 Å². The molecule has 2 aromatic rings. The van der Waals surface area contributed by atoms with Crippen LogP contribution in [0.25, 0.3) is 0 Å². The number of rotatable bonds is 3. The number of nitrogens with zero attached hydrogens (tertiary/aromatic N) is 2. The summed E-state index contributed by atoms with van der Waals surface area (Å²) >= 11 is 3.39. The highest BCUT2D eigenvalue weighted by Crippen LogP contribution is 2.29. The van der Waals surface area contributed by atoms with Gasteiger partial charge in [0.15, 0.2) is 5.17 Å². The number of hydrogen-bond acceptors (Lipinski definition) is 4. The molecule has 0 aromatic heterocycles. The van der Waals surface area contributed by atoms with E-state index in [1.807, 2.05) is 24.3 Å². The summed E-state index contributed by atoms with van der Waals surface area (Å²) in [5.41, 5.74) is 0.795. The molecule has 1 aliphatic heterocycles. The Kier molecular flexibility index (Phi) is 5.92. The van der Waals surface area contributed by atoms with E-state index in [4.69, 9.17) is 0 Å². The van der Waals surface area contributed by atoms with Crippen LogP contribution in [-0.2, 0) is 9.59 Å². The third-order valence-electron chi connectivity index (χ3n) is 3.74. The zero-order chi connectivity index (χ0) is 18.7. The van der Waals surface area contributed by atoms with Crippen molar-refractivity contribution in [2.75, 3.05) is 12.4 Å². The van der Waals surface area contributed by atoms with Crippen molar-refractivity contribution in [3.05, 3.63) is 57.9 Å². The predicted octanol–water partition coefficient (Wildman–Crippen LogP) is 4.02. The maximum atomic E-state index is 13.7. The van der Waals surface area contributed by atoms with Gasteiger partial charge >= 0.3 is 0 Å². The monoisotopic (exact) mass is 483 g/mol. The number of benzene rings is 2. The second kappa shape index (κ2) is 8.17. The summed E-state index contributed by atoms with van der Waals surface area (Å²) in [5.74, 6) is -1.14. The SMILES string of the molecule is CN1C(=O)C[C@H](C(=O)Nc2ccccc2F)SC1=Nc1ccc(I)cc1. The second-order valence-electron chi connectivity index (χ2n) is 5.60. The Balaban J connectivity index is 1.79. The van der Waals surface area contributed by atoms with Gasteiger partial charge in [0.2, 0.25) is 11.8 Å². The molecule has 0 aliphatic carbocycles. The standard InChI is InChI=1S/C18H15FIN3O2S/c1-23-16(24)10-15(17(25)22-14-5-3-2-4-13(14)19)26-18(23)21-12-8-6-11(20)7-9-12/h2-9,15H,10H2,1H3,(H,22,25)/t15-/m1/s1. The molecule has 1 fully saturated rings. The fourth-order valence-corrected chi connectivity index (χ4v) is 3.72. The average Bonchev–Trinajstić information content (AvgIpc) is 2.62. The van der Waals surface area contributed by atoms with Crippen LogP contribution >= 0.6 is 34.4 Å². The highest BCUT2D eigenvalue weighted by Gasteiger charge is 2.34. The van der Waals surface area contributed by atoms with Crippen molar-refractivity contribution in [2.24, 2.45) is 4.99 Å². The van der Waals surface area contributed by atoms with Crippen LogP contribution < -0.4 is 5.32 Å². The Bertz CT molecular complexity index is 873. The molecule has 1 N–H and O–H groups in total. The Hall–Kier alpha value is -1.94. The number of amidine groups is 1. The molecule has 5 nitrogen and oxygen atoms in total. The molecule has 1 saturated heterocycles. The third-order valence-corrected chi connectivity index (χ3v) is 5.70. The number of thioether (sulfide) groups is 1. The van der Waals surface area contributed by atoms with Crippen LogP contribution in [0.4, 0.5) is 15.8 Å². The van der Waals surface area contributed by atoms with Gasteiger partial charge in [0, 0.05) is 17.0 Å². The van der Waals surface area contributed by atoms with E-state index in [9.17, 15) is 14.0 Å². The second-order valence-corrected chi connectivity index (χ2v) is 8.02. The van der Waals surface area contributed by atoms with E-state index < -0.39 is 17.0 Å². The zero-order valence-corrected chi connectivity index (χ0v) is 16.8. The van der Waals surface area contributed by atoms with Gasteiger partial charge in [-0.1, -0.05) is 23.9 Å². The Labute approximate surface area is 168 Å². The van der Waals surface area contributed by atoms with E-state index in [0.29, 0.717) is 10.9 Å². The summed E-state index contributed by atoms with van der Waals surface area (Å²) in [6.45, 7) is 0. The summed E-state index contributed by atoms with van der Waals surface area (Å²) in [5, 5.41) is 2.32. The van der Waals surface area contributed by atoms with Gasteiger partial charge in [-0.05, 0) is 59.0 Å². The Morgan fingerprint density at radius 1 is 1.27 bits per heavy atom. The molecule has 0 radical (unpaired) electrons. The maximum Gasteiger partial charge on any atom is 0.238 e. The number of anilines is 1. The smallest absolute Gasteiger partial charge is 0.238 e.